The quantitative estimate of drug-likeness (QED) is 0.667. The molecule has 0 aliphatic heterocycles. The predicted molar refractivity (Wildman–Crippen MR) is 61.6 cm³/mol. The molecule has 0 aliphatic carbocycles. The SMILES string of the molecule is c1ccc(Oc2nnnc3ccccc23)nc1. The fourth-order valence-corrected chi connectivity index (χ4v) is 1.49. The lowest BCUT2D eigenvalue weighted by atomic mass is 10.2. The van der Waals surface area contributed by atoms with Crippen LogP contribution in [0.4, 0.5) is 0 Å². The van der Waals surface area contributed by atoms with Gasteiger partial charge in [-0.05, 0) is 23.4 Å². The van der Waals surface area contributed by atoms with Crippen molar-refractivity contribution in [1.82, 2.24) is 20.4 Å². The lowest BCUT2D eigenvalue weighted by Crippen LogP contribution is -1.95. The molecule has 0 saturated carbocycles. The van der Waals surface area contributed by atoms with Crippen LogP contribution in [0, 0.1) is 0 Å². The van der Waals surface area contributed by atoms with E-state index >= 15 is 0 Å². The first kappa shape index (κ1) is 9.65. The van der Waals surface area contributed by atoms with Crippen LogP contribution in [0.2, 0.25) is 0 Å². The molecule has 2 aromatic heterocycles. The number of hydrogen-bond acceptors (Lipinski definition) is 5. The van der Waals surface area contributed by atoms with E-state index in [0.717, 1.165) is 10.9 Å². The maximum absolute atomic E-state index is 5.57. The molecule has 3 aromatic rings. The van der Waals surface area contributed by atoms with Crippen LogP contribution in [-0.4, -0.2) is 20.4 Å². The molecule has 0 unspecified atom stereocenters. The van der Waals surface area contributed by atoms with E-state index in [1.807, 2.05) is 36.4 Å². The zero-order valence-corrected chi connectivity index (χ0v) is 8.82. The molecular weight excluding hydrogens is 216 g/mol. The van der Waals surface area contributed by atoms with Crippen molar-refractivity contribution in [1.29, 1.82) is 0 Å². The fourth-order valence-electron chi connectivity index (χ4n) is 1.49. The summed E-state index contributed by atoms with van der Waals surface area (Å²) in [6, 6.07) is 13.0. The summed E-state index contributed by atoms with van der Waals surface area (Å²) in [7, 11) is 0. The van der Waals surface area contributed by atoms with Gasteiger partial charge in [-0.1, -0.05) is 23.3 Å². The summed E-state index contributed by atoms with van der Waals surface area (Å²) in [6.07, 6.45) is 1.66. The molecule has 0 amide bonds. The Kier molecular flexibility index (Phi) is 2.34. The highest BCUT2D eigenvalue weighted by Crippen LogP contribution is 2.23. The van der Waals surface area contributed by atoms with Gasteiger partial charge in [0.1, 0.15) is 5.52 Å². The molecule has 0 radical (unpaired) electrons. The van der Waals surface area contributed by atoms with Gasteiger partial charge in [-0.2, -0.15) is 0 Å². The number of hydrogen-bond donors (Lipinski definition) is 0. The summed E-state index contributed by atoms with van der Waals surface area (Å²) >= 11 is 0. The van der Waals surface area contributed by atoms with E-state index in [0.29, 0.717) is 11.8 Å². The molecule has 0 bridgehead atoms. The standard InChI is InChI=1S/C12H8N4O/c1-2-6-10-9(5-1)12(15-16-14-10)17-11-7-3-4-8-13-11/h1-8H. The van der Waals surface area contributed by atoms with Crippen LogP contribution < -0.4 is 4.74 Å². The van der Waals surface area contributed by atoms with Gasteiger partial charge in [0.05, 0.1) is 5.39 Å². The van der Waals surface area contributed by atoms with Crippen molar-refractivity contribution in [3.63, 3.8) is 0 Å². The molecule has 2 heterocycles. The average molecular weight is 224 g/mol. The van der Waals surface area contributed by atoms with E-state index in [1.54, 1.807) is 12.3 Å². The third kappa shape index (κ3) is 1.90. The summed E-state index contributed by atoms with van der Waals surface area (Å²) in [5.74, 6) is 0.896. The van der Waals surface area contributed by atoms with E-state index in [-0.39, 0.29) is 0 Å². The molecule has 5 nitrogen and oxygen atoms in total. The summed E-state index contributed by atoms with van der Waals surface area (Å²) < 4.78 is 5.57. The van der Waals surface area contributed by atoms with Gasteiger partial charge in [-0.3, -0.25) is 0 Å². The third-order valence-corrected chi connectivity index (χ3v) is 2.26. The van der Waals surface area contributed by atoms with Gasteiger partial charge < -0.3 is 4.74 Å². The van der Waals surface area contributed by atoms with Crippen LogP contribution in [0.5, 0.6) is 11.8 Å². The highest BCUT2D eigenvalue weighted by molar-refractivity contribution is 5.82. The number of fused-ring (bicyclic) bond motifs is 1. The Labute approximate surface area is 97.1 Å². The third-order valence-electron chi connectivity index (χ3n) is 2.26. The van der Waals surface area contributed by atoms with E-state index in [2.05, 4.69) is 20.4 Å². The Bertz CT molecular complexity index is 637. The minimum absolute atomic E-state index is 0.411. The summed E-state index contributed by atoms with van der Waals surface area (Å²) in [5.41, 5.74) is 0.744. The maximum atomic E-state index is 5.57. The predicted octanol–water partition coefficient (Wildman–Crippen LogP) is 2.21. The molecule has 3 rings (SSSR count). The maximum Gasteiger partial charge on any atom is 0.251 e. The topological polar surface area (TPSA) is 60.8 Å². The van der Waals surface area contributed by atoms with Gasteiger partial charge in [0.15, 0.2) is 0 Å². The normalized spacial score (nSPS) is 10.4. The van der Waals surface area contributed by atoms with E-state index in [1.165, 1.54) is 0 Å². The first-order chi connectivity index (χ1) is 8.43. The Morgan fingerprint density at radius 3 is 2.65 bits per heavy atom. The van der Waals surface area contributed by atoms with Crippen molar-refractivity contribution in [2.75, 3.05) is 0 Å². The zero-order chi connectivity index (χ0) is 11.5. The van der Waals surface area contributed by atoms with Gasteiger partial charge >= 0.3 is 0 Å². The van der Waals surface area contributed by atoms with Crippen LogP contribution in [0.3, 0.4) is 0 Å². The Hall–Kier alpha value is -2.56. The molecule has 0 saturated heterocycles. The molecule has 82 valence electrons. The minimum atomic E-state index is 0.411. The highest BCUT2D eigenvalue weighted by atomic mass is 16.5. The molecule has 0 aliphatic rings. The number of pyridine rings is 1. The zero-order valence-electron chi connectivity index (χ0n) is 8.82. The summed E-state index contributed by atoms with van der Waals surface area (Å²) in [6.45, 7) is 0. The lowest BCUT2D eigenvalue weighted by molar-refractivity contribution is 0.441. The van der Waals surface area contributed by atoms with E-state index < -0.39 is 0 Å². The first-order valence-corrected chi connectivity index (χ1v) is 5.10. The molecule has 0 atom stereocenters. The number of benzene rings is 1. The van der Waals surface area contributed by atoms with Gasteiger partial charge in [0.25, 0.3) is 5.88 Å². The van der Waals surface area contributed by atoms with E-state index in [4.69, 9.17) is 4.74 Å². The Morgan fingerprint density at radius 1 is 0.882 bits per heavy atom. The lowest BCUT2D eigenvalue weighted by Gasteiger charge is -2.04. The molecule has 0 spiro atoms. The molecule has 17 heavy (non-hydrogen) atoms. The van der Waals surface area contributed by atoms with Crippen molar-refractivity contribution in [3.8, 4) is 11.8 Å². The van der Waals surface area contributed by atoms with Gasteiger partial charge in [-0.25, -0.2) is 4.98 Å². The Balaban J connectivity index is 2.06. The molecule has 1 aromatic carbocycles. The van der Waals surface area contributed by atoms with Gasteiger partial charge in [0.2, 0.25) is 5.88 Å². The van der Waals surface area contributed by atoms with Crippen molar-refractivity contribution in [3.05, 3.63) is 48.7 Å². The van der Waals surface area contributed by atoms with Gasteiger partial charge in [0, 0.05) is 12.3 Å². The second-order valence-corrected chi connectivity index (χ2v) is 3.38. The number of aromatic nitrogens is 4. The molecule has 5 heteroatoms. The number of ether oxygens (including phenoxy) is 1. The van der Waals surface area contributed by atoms with Gasteiger partial charge in [-0.15, -0.1) is 5.10 Å². The smallest absolute Gasteiger partial charge is 0.251 e. The fraction of sp³-hybridized carbons (Fsp3) is 0. The number of nitrogens with zero attached hydrogens (tertiary/aromatic N) is 4. The molecular formula is C12H8N4O. The summed E-state index contributed by atoms with van der Waals surface area (Å²) in [5, 5.41) is 12.3. The summed E-state index contributed by atoms with van der Waals surface area (Å²) in [4.78, 5) is 4.07. The first-order valence-electron chi connectivity index (χ1n) is 5.10. The monoisotopic (exact) mass is 224 g/mol. The van der Waals surface area contributed by atoms with Crippen molar-refractivity contribution in [2.45, 2.75) is 0 Å². The largest absolute Gasteiger partial charge is 0.418 e. The van der Waals surface area contributed by atoms with Crippen LogP contribution in [-0.2, 0) is 0 Å². The van der Waals surface area contributed by atoms with Crippen LogP contribution in [0.15, 0.2) is 48.7 Å². The van der Waals surface area contributed by atoms with Crippen molar-refractivity contribution < 1.29 is 4.74 Å². The van der Waals surface area contributed by atoms with Crippen LogP contribution in [0.1, 0.15) is 0 Å². The highest BCUT2D eigenvalue weighted by Gasteiger charge is 2.06. The molecule has 0 fully saturated rings. The minimum Gasteiger partial charge on any atom is -0.418 e. The molecule has 0 N–H and O–H groups in total. The number of rotatable bonds is 2. The van der Waals surface area contributed by atoms with Crippen LogP contribution >= 0.6 is 0 Å². The van der Waals surface area contributed by atoms with Crippen LogP contribution in [0.25, 0.3) is 10.9 Å². The average Bonchev–Trinajstić information content (AvgIpc) is 2.40. The van der Waals surface area contributed by atoms with Crippen molar-refractivity contribution >= 4 is 10.9 Å². The second kappa shape index (κ2) is 4.13. The van der Waals surface area contributed by atoms with Crippen molar-refractivity contribution in [2.24, 2.45) is 0 Å². The second-order valence-electron chi connectivity index (χ2n) is 3.38. The Morgan fingerprint density at radius 2 is 1.76 bits per heavy atom. The van der Waals surface area contributed by atoms with E-state index in [9.17, 15) is 0 Å².